The van der Waals surface area contributed by atoms with Gasteiger partial charge in [0.15, 0.2) is 11.4 Å². The number of nitrogens with zero attached hydrogens (tertiary/aromatic N) is 7. The number of nitrogens with two attached hydrogens (primary N) is 1. The third-order valence-corrected chi connectivity index (χ3v) is 10.1. The lowest BCUT2D eigenvalue weighted by atomic mass is 10.0. The predicted octanol–water partition coefficient (Wildman–Crippen LogP) is 7.60. The van der Waals surface area contributed by atoms with E-state index in [0.29, 0.717) is 29.1 Å². The lowest BCUT2D eigenvalue weighted by molar-refractivity contribution is -0.384. The van der Waals surface area contributed by atoms with Crippen LogP contribution >= 0.6 is 0 Å². The number of rotatable bonds is 17. The minimum absolute atomic E-state index is 0.0600. The van der Waals surface area contributed by atoms with Gasteiger partial charge in [0.1, 0.15) is 21.2 Å². The molecular weight excluding hydrogens is 863 g/mol. The summed E-state index contributed by atoms with van der Waals surface area (Å²) in [5.41, 5.74) is 4.26. The van der Waals surface area contributed by atoms with Gasteiger partial charge in [-0.2, -0.15) is 32.2 Å². The molecular formula is C36H31N9O15S2. The monoisotopic (exact) mass is 893 g/mol. The molecule has 0 spiro atoms. The molecule has 5 rings (SSSR count). The zero-order chi connectivity index (χ0) is 45.5. The highest BCUT2D eigenvalue weighted by Gasteiger charge is 2.29. The number of phenolic OH excluding ortho intramolecular Hbond substituents is 1. The Morgan fingerprint density at radius 1 is 0.758 bits per heavy atom. The van der Waals surface area contributed by atoms with Crippen molar-refractivity contribution >= 4 is 100 Å². The smallest absolute Gasteiger partial charge is 0.335 e. The van der Waals surface area contributed by atoms with Crippen molar-refractivity contribution in [1.29, 1.82) is 0 Å². The Labute approximate surface area is 348 Å². The molecule has 1 amide bonds. The second-order valence-electron chi connectivity index (χ2n) is 12.7. The van der Waals surface area contributed by atoms with Crippen molar-refractivity contribution in [2.45, 2.75) is 29.6 Å². The summed E-state index contributed by atoms with van der Waals surface area (Å²) in [6, 6.07) is 14.3. The molecule has 5 aromatic rings. The van der Waals surface area contributed by atoms with Gasteiger partial charge in [0.2, 0.25) is 5.91 Å². The number of fused-ring (bicyclic) bond motifs is 1. The number of amides is 1. The van der Waals surface area contributed by atoms with Crippen LogP contribution in [0.4, 0.5) is 51.2 Å². The van der Waals surface area contributed by atoms with E-state index >= 15 is 0 Å². The van der Waals surface area contributed by atoms with Gasteiger partial charge in [0.05, 0.1) is 64.7 Å². The van der Waals surface area contributed by atoms with E-state index in [9.17, 15) is 55.5 Å². The van der Waals surface area contributed by atoms with Crippen molar-refractivity contribution in [1.82, 2.24) is 0 Å². The van der Waals surface area contributed by atoms with Gasteiger partial charge in [0, 0.05) is 17.1 Å². The molecule has 8 N–H and O–H groups in total. The lowest BCUT2D eigenvalue weighted by Crippen LogP contribution is -2.15. The number of aromatic carboxylic acids is 1. The number of azo groups is 3. The van der Waals surface area contributed by atoms with Gasteiger partial charge in [-0.15, -0.1) is 15.3 Å². The van der Waals surface area contributed by atoms with Gasteiger partial charge in [-0.1, -0.05) is 0 Å². The summed E-state index contributed by atoms with van der Waals surface area (Å²) in [5, 5.41) is 65.6. The van der Waals surface area contributed by atoms with Crippen LogP contribution in [0.5, 0.6) is 5.75 Å². The molecule has 26 heteroatoms. The molecule has 0 aliphatic carbocycles. The SMILES string of the molecule is Cc1cc(N=Nc2cc(S(=O)(=O)O)c3cc(S(=O)(=O)O)c(N=Nc4ccc(NC(=O)CCOCCC(=O)O)cc4[N+](=O)[O-])c(O)c3c2N)ccc1N=Nc1ccc(C(=O)O)cc1. The van der Waals surface area contributed by atoms with E-state index in [2.05, 4.69) is 36.0 Å². The van der Waals surface area contributed by atoms with Crippen LogP contribution in [-0.2, 0) is 34.6 Å². The van der Waals surface area contributed by atoms with Crippen molar-refractivity contribution in [2.75, 3.05) is 24.3 Å². The summed E-state index contributed by atoms with van der Waals surface area (Å²) in [4.78, 5) is 42.7. The Bertz CT molecular complexity index is 2960. The number of carbonyl (C=O) groups is 3. The molecule has 5 aromatic carbocycles. The van der Waals surface area contributed by atoms with Gasteiger partial charge in [0.25, 0.3) is 25.9 Å². The molecule has 24 nitrogen and oxygen atoms in total. The molecule has 0 fully saturated rings. The molecule has 0 unspecified atom stereocenters. The topological polar surface area (TPSA) is 385 Å². The minimum Gasteiger partial charge on any atom is -0.505 e. The second-order valence-corrected chi connectivity index (χ2v) is 15.5. The summed E-state index contributed by atoms with van der Waals surface area (Å²) < 4.78 is 75.5. The maximum absolute atomic E-state index is 12.6. The summed E-state index contributed by atoms with van der Waals surface area (Å²) in [6.45, 7) is 1.35. The van der Waals surface area contributed by atoms with E-state index in [-0.39, 0.29) is 43.0 Å². The van der Waals surface area contributed by atoms with Crippen LogP contribution in [0.1, 0.15) is 28.8 Å². The number of aliphatic carboxylic acids is 1. The molecule has 0 aromatic heterocycles. The van der Waals surface area contributed by atoms with Gasteiger partial charge in [-0.3, -0.25) is 28.8 Å². The highest BCUT2D eigenvalue weighted by Crippen LogP contribution is 2.48. The number of nitrogens with one attached hydrogen (secondary N) is 1. The first-order valence-corrected chi connectivity index (χ1v) is 20.2. The summed E-state index contributed by atoms with van der Waals surface area (Å²) in [7, 11) is -10.7. The van der Waals surface area contributed by atoms with Gasteiger partial charge in [-0.05, 0) is 79.2 Å². The van der Waals surface area contributed by atoms with Crippen molar-refractivity contribution in [3.05, 3.63) is 94.0 Å². The number of benzene rings is 5. The van der Waals surface area contributed by atoms with Crippen LogP contribution in [0.25, 0.3) is 10.8 Å². The summed E-state index contributed by atoms with van der Waals surface area (Å²) in [6.07, 6.45) is -0.526. The van der Waals surface area contributed by atoms with E-state index in [1.54, 1.807) is 6.92 Å². The maximum Gasteiger partial charge on any atom is 0.335 e. The quantitative estimate of drug-likeness (QED) is 0.0118. The maximum atomic E-state index is 12.6. The zero-order valence-electron chi connectivity index (χ0n) is 31.6. The van der Waals surface area contributed by atoms with Crippen molar-refractivity contribution < 1.29 is 65.3 Å². The molecule has 0 bridgehead atoms. The number of carbonyl (C=O) groups excluding carboxylic acids is 1. The van der Waals surface area contributed by atoms with Crippen molar-refractivity contribution in [3.63, 3.8) is 0 Å². The fourth-order valence-electron chi connectivity index (χ4n) is 5.39. The third kappa shape index (κ3) is 11.1. The van der Waals surface area contributed by atoms with Crippen LogP contribution < -0.4 is 11.1 Å². The molecule has 0 aliphatic rings. The van der Waals surface area contributed by atoms with Gasteiger partial charge >= 0.3 is 11.9 Å². The van der Waals surface area contributed by atoms with Gasteiger partial charge in [-0.25, -0.2) is 4.79 Å². The number of hydrogen-bond acceptors (Lipinski definition) is 18. The summed E-state index contributed by atoms with van der Waals surface area (Å²) >= 11 is 0. The van der Waals surface area contributed by atoms with E-state index in [4.69, 9.17) is 20.7 Å². The molecule has 0 radical (unpaired) electrons. The van der Waals surface area contributed by atoms with E-state index in [1.165, 1.54) is 42.5 Å². The normalized spacial score (nSPS) is 12.1. The van der Waals surface area contributed by atoms with E-state index in [1.807, 2.05) is 0 Å². The molecule has 0 atom stereocenters. The Morgan fingerprint density at radius 3 is 1.97 bits per heavy atom. The van der Waals surface area contributed by atoms with Crippen molar-refractivity contribution in [2.24, 2.45) is 30.7 Å². The molecule has 0 saturated heterocycles. The number of carboxylic acid groups (broad SMARTS) is 2. The standard InChI is InChI=1S/C36H31N9O15S2/c1-18-14-22(7-8-24(18)41-39-20-4-2-19(3-5-20)36(50)51)40-43-26-17-28(61(54,55)56)23-16-29(62(57,58)59)34(35(49)32(23)33(26)37)44-42-25-9-6-21(15-27(25)45(52)53)38-30(46)10-12-60-13-11-31(47)48/h2-9,14-17,49H,10-13,37H2,1H3,(H,38,46)(H,47,48)(H,50,51)(H,54,55,56)(H,57,58,59). The highest BCUT2D eigenvalue weighted by atomic mass is 32.2. The number of aryl methyl sites for hydroxylation is 1. The number of hydrogen-bond donors (Lipinski definition) is 7. The number of carboxylic acids is 2. The van der Waals surface area contributed by atoms with Crippen LogP contribution in [0.15, 0.2) is 113 Å². The van der Waals surface area contributed by atoms with Crippen LogP contribution in [-0.4, -0.2) is 77.2 Å². The average molecular weight is 894 g/mol. The Balaban J connectivity index is 1.51. The first-order valence-electron chi connectivity index (χ1n) is 17.3. The minimum atomic E-state index is -5.41. The van der Waals surface area contributed by atoms with Crippen LogP contribution in [0.2, 0.25) is 0 Å². The van der Waals surface area contributed by atoms with Gasteiger partial charge < -0.3 is 31.1 Å². The third-order valence-electron chi connectivity index (χ3n) is 8.36. The largest absolute Gasteiger partial charge is 0.505 e. The number of anilines is 2. The highest BCUT2D eigenvalue weighted by molar-refractivity contribution is 7.86. The first-order chi connectivity index (χ1) is 29.1. The average Bonchev–Trinajstić information content (AvgIpc) is 3.19. The Kier molecular flexibility index (Phi) is 13.7. The Hall–Kier alpha value is -7.65. The zero-order valence-corrected chi connectivity index (χ0v) is 33.2. The molecule has 0 aliphatic heterocycles. The fraction of sp³-hybridized carbons (Fsp3) is 0.139. The number of nitrogen functional groups attached to an aromatic ring is 1. The summed E-state index contributed by atoms with van der Waals surface area (Å²) in [5.74, 6) is -4.09. The van der Waals surface area contributed by atoms with E-state index < -0.39 is 97.8 Å². The van der Waals surface area contributed by atoms with Crippen molar-refractivity contribution in [3.8, 4) is 5.75 Å². The molecule has 62 heavy (non-hydrogen) atoms. The van der Waals surface area contributed by atoms with E-state index in [0.717, 1.165) is 18.2 Å². The number of nitro benzene ring substituents is 1. The Morgan fingerprint density at radius 2 is 1.35 bits per heavy atom. The number of aromatic hydroxyl groups is 1. The first kappa shape index (κ1) is 45.4. The second kappa shape index (κ2) is 18.7. The molecule has 322 valence electrons. The molecule has 0 saturated carbocycles. The molecule has 0 heterocycles. The predicted molar refractivity (Wildman–Crippen MR) is 216 cm³/mol. The fourth-order valence-corrected chi connectivity index (χ4v) is 6.74. The number of ether oxygens (including phenoxy) is 1. The lowest BCUT2D eigenvalue weighted by Gasteiger charge is -2.14. The van der Waals surface area contributed by atoms with Crippen LogP contribution in [0.3, 0.4) is 0 Å². The number of phenols is 1. The van der Waals surface area contributed by atoms with Crippen LogP contribution in [0, 0.1) is 17.0 Å². The number of nitro groups is 1.